The lowest BCUT2D eigenvalue weighted by Gasteiger charge is -2.32. The molecular weight excluding hydrogens is 504 g/mol. The molecule has 4 aliphatic rings. The number of nitrogens with zero attached hydrogens (tertiary/aromatic N) is 2. The maximum Gasteiger partial charge on any atom is 0.410 e. The number of carbonyl (C=O) groups is 3. The maximum atomic E-state index is 13.5. The molecule has 0 aromatic heterocycles. The average molecular weight is 539 g/mol. The average Bonchev–Trinajstić information content (AvgIpc) is 3.44. The molecule has 0 bridgehead atoms. The zero-order valence-corrected chi connectivity index (χ0v) is 22.3. The van der Waals surface area contributed by atoms with Gasteiger partial charge in [-0.2, -0.15) is 5.26 Å². The molecule has 0 radical (unpaired) electrons. The third-order valence-electron chi connectivity index (χ3n) is 8.66. The van der Waals surface area contributed by atoms with Crippen molar-refractivity contribution in [2.24, 2.45) is 11.3 Å². The zero-order chi connectivity index (χ0) is 26.8. The van der Waals surface area contributed by atoms with Gasteiger partial charge in [-0.05, 0) is 74.1 Å². The number of carbonyl (C=O) groups excluding carboxylic acids is 3. The van der Waals surface area contributed by atoms with Gasteiger partial charge in [-0.25, -0.2) is 4.79 Å². The number of halogens is 1. The lowest BCUT2D eigenvalue weighted by Crippen LogP contribution is -2.49. The van der Waals surface area contributed by atoms with Crippen LogP contribution >= 0.6 is 11.6 Å². The van der Waals surface area contributed by atoms with Crippen molar-refractivity contribution >= 4 is 35.6 Å². The summed E-state index contributed by atoms with van der Waals surface area (Å²) in [4.78, 5) is 40.5. The molecule has 3 atom stereocenters. The minimum atomic E-state index is -0.784. The van der Waals surface area contributed by atoms with Crippen molar-refractivity contribution < 1.29 is 19.1 Å². The van der Waals surface area contributed by atoms with Crippen molar-refractivity contribution in [2.45, 2.75) is 81.8 Å². The Hall–Kier alpha value is -3.05. The van der Waals surface area contributed by atoms with E-state index in [1.165, 1.54) is 6.42 Å². The second-order valence-corrected chi connectivity index (χ2v) is 12.0. The van der Waals surface area contributed by atoms with Crippen molar-refractivity contribution in [3.05, 3.63) is 40.9 Å². The van der Waals surface area contributed by atoms with Crippen molar-refractivity contribution in [3.63, 3.8) is 0 Å². The number of nitrogens with one attached hydrogen (secondary N) is 2. The number of hydrogen-bond donors (Lipinski definition) is 2. The van der Waals surface area contributed by atoms with E-state index in [2.05, 4.69) is 16.7 Å². The summed E-state index contributed by atoms with van der Waals surface area (Å²) in [6.45, 7) is 0.551. The van der Waals surface area contributed by atoms with Crippen LogP contribution in [0.4, 0.5) is 4.79 Å². The Balaban J connectivity index is 1.22. The molecule has 2 saturated carbocycles. The highest BCUT2D eigenvalue weighted by atomic mass is 35.5. The fourth-order valence-electron chi connectivity index (χ4n) is 6.49. The van der Waals surface area contributed by atoms with Crippen molar-refractivity contribution in [2.75, 3.05) is 13.2 Å². The third kappa shape index (κ3) is 5.99. The quantitative estimate of drug-likeness (QED) is 0.527. The SMILES string of the molecule is N#C[C@H](C[C@@H]1CC2(CC2)NC1=O)NC(=O)[C@@H]1CC2(CCCCC2)CN1C(=O)OC/C=C/c1cccc(Cl)c1. The molecular formula is C29H35ClN4O4. The molecule has 2 spiro atoms. The van der Waals surface area contributed by atoms with Gasteiger partial charge in [0.1, 0.15) is 18.7 Å². The van der Waals surface area contributed by atoms with Crippen molar-refractivity contribution in [3.8, 4) is 6.07 Å². The first kappa shape index (κ1) is 26.6. The van der Waals surface area contributed by atoms with Crippen LogP contribution in [0.2, 0.25) is 5.02 Å². The minimum Gasteiger partial charge on any atom is -0.445 e. The Morgan fingerprint density at radius 1 is 1.24 bits per heavy atom. The van der Waals surface area contributed by atoms with E-state index >= 15 is 0 Å². The van der Waals surface area contributed by atoms with E-state index in [1.807, 2.05) is 24.3 Å². The molecule has 38 heavy (non-hydrogen) atoms. The van der Waals surface area contributed by atoms with E-state index in [-0.39, 0.29) is 41.7 Å². The molecule has 1 aromatic carbocycles. The van der Waals surface area contributed by atoms with Gasteiger partial charge in [0.15, 0.2) is 0 Å². The molecule has 9 heteroatoms. The molecule has 2 aliphatic heterocycles. The standard InChI is InChI=1S/C29H35ClN4O4/c30-22-8-4-6-20(14-22)7-5-13-38-27(37)34-19-28(9-2-1-3-10-28)17-24(34)26(36)32-23(18-31)15-21-16-29(11-12-29)33-25(21)35/h4-8,14,21,23-24H,1-3,9-13,15-17,19H2,(H,32,36)(H,33,35)/b7-5+/t21-,23+,24+/m1/s1. The molecule has 202 valence electrons. The Kier molecular flexibility index (Phi) is 7.67. The highest BCUT2D eigenvalue weighted by molar-refractivity contribution is 6.30. The lowest BCUT2D eigenvalue weighted by atomic mass is 9.72. The largest absolute Gasteiger partial charge is 0.445 e. The molecule has 1 aromatic rings. The fraction of sp³-hybridized carbons (Fsp3) is 0.586. The summed E-state index contributed by atoms with van der Waals surface area (Å²) in [7, 11) is 0. The number of likely N-dealkylation sites (tertiary alicyclic amines) is 1. The zero-order valence-electron chi connectivity index (χ0n) is 21.6. The van der Waals surface area contributed by atoms with Gasteiger partial charge < -0.3 is 15.4 Å². The first-order valence-corrected chi connectivity index (χ1v) is 14.1. The molecule has 8 nitrogen and oxygen atoms in total. The summed E-state index contributed by atoms with van der Waals surface area (Å²) in [6, 6.07) is 8.05. The second-order valence-electron chi connectivity index (χ2n) is 11.5. The van der Waals surface area contributed by atoms with Gasteiger partial charge in [0.25, 0.3) is 0 Å². The van der Waals surface area contributed by atoms with Crippen LogP contribution in [0.5, 0.6) is 0 Å². The molecule has 5 rings (SSSR count). The highest BCUT2D eigenvalue weighted by Gasteiger charge is 2.53. The molecule has 2 aliphatic carbocycles. The summed E-state index contributed by atoms with van der Waals surface area (Å²) in [5.74, 6) is -0.650. The highest BCUT2D eigenvalue weighted by Crippen LogP contribution is 2.47. The fourth-order valence-corrected chi connectivity index (χ4v) is 6.69. The summed E-state index contributed by atoms with van der Waals surface area (Å²) < 4.78 is 5.54. The summed E-state index contributed by atoms with van der Waals surface area (Å²) in [5, 5.41) is 16.3. The van der Waals surface area contributed by atoms with Crippen LogP contribution in [-0.4, -0.2) is 53.6 Å². The molecule has 3 amide bonds. The van der Waals surface area contributed by atoms with Gasteiger partial charge in [0.2, 0.25) is 11.8 Å². The van der Waals surface area contributed by atoms with Crippen LogP contribution in [0.15, 0.2) is 30.3 Å². The van der Waals surface area contributed by atoms with Gasteiger partial charge in [-0.15, -0.1) is 0 Å². The Morgan fingerprint density at radius 3 is 2.71 bits per heavy atom. The lowest BCUT2D eigenvalue weighted by molar-refractivity contribution is -0.126. The summed E-state index contributed by atoms with van der Waals surface area (Å²) >= 11 is 6.02. The summed E-state index contributed by atoms with van der Waals surface area (Å²) in [5.41, 5.74) is 0.730. The Morgan fingerprint density at radius 2 is 2.03 bits per heavy atom. The number of rotatable bonds is 7. The van der Waals surface area contributed by atoms with Crippen LogP contribution < -0.4 is 10.6 Å². The summed E-state index contributed by atoms with van der Waals surface area (Å²) in [6.07, 6.45) is 11.9. The van der Waals surface area contributed by atoms with E-state index in [4.69, 9.17) is 16.3 Å². The second kappa shape index (κ2) is 11.0. The number of nitriles is 1. The van der Waals surface area contributed by atoms with Crippen LogP contribution in [0.1, 0.15) is 69.8 Å². The molecule has 2 heterocycles. The first-order chi connectivity index (χ1) is 18.3. The van der Waals surface area contributed by atoms with Gasteiger partial charge in [0.05, 0.1) is 6.07 Å². The van der Waals surface area contributed by atoms with Crippen LogP contribution in [0.25, 0.3) is 6.08 Å². The smallest absolute Gasteiger partial charge is 0.410 e. The van der Waals surface area contributed by atoms with Crippen LogP contribution in [-0.2, 0) is 14.3 Å². The number of amides is 3. The Bertz CT molecular complexity index is 1150. The van der Waals surface area contributed by atoms with E-state index < -0.39 is 18.2 Å². The van der Waals surface area contributed by atoms with Crippen LogP contribution in [0, 0.1) is 22.7 Å². The van der Waals surface area contributed by atoms with E-state index in [1.54, 1.807) is 17.0 Å². The maximum absolute atomic E-state index is 13.5. The minimum absolute atomic E-state index is 0.0324. The molecule has 4 fully saturated rings. The van der Waals surface area contributed by atoms with Crippen molar-refractivity contribution in [1.82, 2.24) is 15.5 Å². The van der Waals surface area contributed by atoms with Gasteiger partial charge in [-0.1, -0.05) is 49.1 Å². The molecule has 0 unspecified atom stereocenters. The van der Waals surface area contributed by atoms with Gasteiger partial charge >= 0.3 is 6.09 Å². The number of ether oxygens (including phenoxy) is 1. The number of benzene rings is 1. The first-order valence-electron chi connectivity index (χ1n) is 13.7. The van der Waals surface area contributed by atoms with Gasteiger partial charge in [0, 0.05) is 23.0 Å². The number of hydrogen-bond acceptors (Lipinski definition) is 5. The van der Waals surface area contributed by atoms with E-state index in [0.717, 1.165) is 44.1 Å². The van der Waals surface area contributed by atoms with Gasteiger partial charge in [-0.3, -0.25) is 14.5 Å². The van der Waals surface area contributed by atoms with E-state index in [0.29, 0.717) is 24.4 Å². The molecule has 2 N–H and O–H groups in total. The van der Waals surface area contributed by atoms with E-state index in [9.17, 15) is 19.6 Å². The monoisotopic (exact) mass is 538 g/mol. The molecule has 2 saturated heterocycles. The normalized spacial score (nSPS) is 25.8. The van der Waals surface area contributed by atoms with Crippen LogP contribution in [0.3, 0.4) is 0 Å². The predicted molar refractivity (Wildman–Crippen MR) is 143 cm³/mol. The topological polar surface area (TPSA) is 112 Å². The third-order valence-corrected chi connectivity index (χ3v) is 8.90. The predicted octanol–water partition coefficient (Wildman–Crippen LogP) is 4.58. The van der Waals surface area contributed by atoms with Crippen molar-refractivity contribution in [1.29, 1.82) is 5.26 Å². The Labute approximate surface area is 228 Å².